The van der Waals surface area contributed by atoms with Gasteiger partial charge in [-0.25, -0.2) is 4.79 Å². The number of ether oxygens (including phenoxy) is 7. The third-order valence-electron chi connectivity index (χ3n) is 26.7. The van der Waals surface area contributed by atoms with Gasteiger partial charge in [0, 0.05) is 41.6 Å². The van der Waals surface area contributed by atoms with Crippen molar-refractivity contribution >= 4 is 173 Å². The minimum absolute atomic E-state index is 0.0710. The van der Waals surface area contributed by atoms with Crippen LogP contribution in [-0.4, -0.2) is 128 Å². The highest BCUT2D eigenvalue weighted by Gasteiger charge is 2.52. The molecule has 0 bridgehead atoms. The number of aliphatic hydroxyl groups is 2. The molecule has 19 heteroatoms. The summed E-state index contributed by atoms with van der Waals surface area (Å²) in [6.07, 6.45) is 8.56. The zero-order chi connectivity index (χ0) is 82.1. The van der Waals surface area contributed by atoms with Crippen LogP contribution in [0.15, 0.2) is 84.9 Å². The number of aliphatic hydroxyl groups excluding tert-OH is 2. The van der Waals surface area contributed by atoms with Gasteiger partial charge in [0.05, 0.1) is 40.6 Å². The number of nitrogens with zero attached hydrogens (tertiary/aromatic N) is 1. The lowest BCUT2D eigenvalue weighted by atomic mass is 9.71. The Hall–Kier alpha value is -9.32. The highest BCUT2D eigenvalue weighted by Crippen LogP contribution is 2.70. The van der Waals surface area contributed by atoms with Crippen LogP contribution in [0.4, 0.5) is 4.79 Å². The van der Waals surface area contributed by atoms with Gasteiger partial charge in [-0.2, -0.15) is 5.26 Å². The smallest absolute Gasteiger partial charge is 0.367 e. The lowest BCUT2D eigenvalue weighted by Gasteiger charge is -2.31. The highest BCUT2D eigenvalue weighted by atomic mass is 32.2. The van der Waals surface area contributed by atoms with Crippen LogP contribution < -0.4 is 10.4 Å². The number of hydrogen-bond acceptors (Lipinski definition) is 19. The van der Waals surface area contributed by atoms with Crippen LogP contribution >= 0.6 is 23.5 Å². The molecule has 0 aliphatic heterocycles. The van der Waals surface area contributed by atoms with Crippen molar-refractivity contribution in [3.63, 3.8) is 0 Å². The molecule has 0 aromatic heterocycles. The second-order valence-electron chi connectivity index (χ2n) is 36.0. The quantitative estimate of drug-likeness (QED) is 0.0168. The molecule has 2 N–H and O–H groups in total. The molecule has 0 radical (unpaired) electrons. The minimum Gasteiger partial charge on any atom is -0.469 e. The van der Waals surface area contributed by atoms with E-state index in [1.54, 1.807) is 150 Å². The van der Waals surface area contributed by atoms with E-state index in [9.17, 15) is 43.8 Å². The van der Waals surface area contributed by atoms with Gasteiger partial charge in [0.1, 0.15) is 51.8 Å². The van der Waals surface area contributed by atoms with Gasteiger partial charge < -0.3 is 43.4 Å². The molecule has 1 fully saturated rings. The maximum absolute atomic E-state index is 13.3. The lowest BCUT2D eigenvalue weighted by Crippen LogP contribution is -2.31. The lowest BCUT2D eigenvalue weighted by molar-refractivity contribution is -0.159. The summed E-state index contributed by atoms with van der Waals surface area (Å²) in [4.78, 5) is 84.5. The van der Waals surface area contributed by atoms with Crippen molar-refractivity contribution in [2.75, 3.05) is 64.0 Å². The van der Waals surface area contributed by atoms with Crippen molar-refractivity contribution in [1.82, 2.24) is 0 Å². The molecule has 17 nitrogen and oxygen atoms in total. The molecule has 1 saturated carbocycles. The van der Waals surface area contributed by atoms with Gasteiger partial charge in [0.15, 0.2) is 0 Å². The van der Waals surface area contributed by atoms with Crippen molar-refractivity contribution in [2.24, 2.45) is 39.4 Å². The molecule has 0 amide bonds. The predicted octanol–water partition coefficient (Wildman–Crippen LogP) is 18.1. The SMILES string of the molecule is CCC(C)(C)C(=O)OCC(O)COC(=O)CSCC(CC(C)C#N)c1ccccc1.CCC(C)(C)C(=O)OCC(O)COC(=O)SCC(C)(C)C(=O)OC.CCC(C)(C)C(=O)OCCOC(=O)CCCC(c1ccccc1)C1c2cc3c4c5c6c7c8c9c(cc%10cc%11c%12c%10c9c7c7c%12c9c(cc1c1c2c4c6c7c19)C%11)=CC1CC(C3)C5C=81. The molecule has 0 spiro atoms. The van der Waals surface area contributed by atoms with E-state index >= 15 is 0 Å². The fourth-order valence-corrected chi connectivity index (χ4v) is 21.6. The first kappa shape index (κ1) is 80.5. The molecule has 116 heavy (non-hydrogen) atoms. The van der Waals surface area contributed by atoms with Crippen LogP contribution in [-0.2, 0) is 74.8 Å². The van der Waals surface area contributed by atoms with Crippen molar-refractivity contribution in [3.8, 4) is 6.07 Å². The van der Waals surface area contributed by atoms with Gasteiger partial charge in [0.25, 0.3) is 0 Å². The molecular formula is C97H103NO16S2. The summed E-state index contributed by atoms with van der Waals surface area (Å²) in [5.74, 6) is 1.06. The van der Waals surface area contributed by atoms with Gasteiger partial charge >= 0.3 is 41.1 Å². The molecule has 12 aromatic carbocycles. The van der Waals surface area contributed by atoms with Crippen LogP contribution in [0.25, 0.3) is 109 Å². The molecule has 6 aliphatic rings. The van der Waals surface area contributed by atoms with E-state index in [1.807, 2.05) is 71.9 Å². The molecule has 0 heterocycles. The molecule has 18 rings (SSSR count). The molecule has 0 saturated heterocycles. The molecule has 6 aliphatic carbocycles. The van der Waals surface area contributed by atoms with E-state index in [0.29, 0.717) is 49.2 Å². The standard InChI is InChI=1S/C58H42O4.C23H33NO5S.C16H28O7S/c1-4-58(2,3)57(60)62-14-13-61-34(59)12-8-11-31(23-9-6-5-7-10-23)42-32-21-29-19-26-15-24-17-28-18-25-16-27-20-30-22-33(42)44-43(32)49-40(29)47-37(26)35(24)45-39(28)46-36(25)38(27)48-41(30)50(44)56-54(48)52(46)51(45)53(47)55(49)56;1-5-23(3,4)22(27)29-14-20(25)13-28-21(26)16-30-15-19(11-17(2)12-24)18-9-7-6-8-10-18;1-7-15(2,3)13(19)22-8-11(17)9-23-14(20)24-10-16(4,5)12(18)21-6/h5-7,9-10,15,17-18,21-22,25,27,31,38,42H,4,8,11-14,16,19-20H2,1-3H3;6-10,17,19-20,25H,5,11,13-16H2,1-4H3;11,17H,7-10H2,1-6H3. The summed E-state index contributed by atoms with van der Waals surface area (Å²) in [6.45, 7) is 21.0. The zero-order valence-electron chi connectivity index (χ0n) is 68.7. The van der Waals surface area contributed by atoms with E-state index in [4.69, 9.17) is 33.7 Å². The van der Waals surface area contributed by atoms with Crippen LogP contribution in [0.3, 0.4) is 0 Å². The average molecular weight is 1600 g/mol. The number of hydrogen-bond donors (Lipinski definition) is 2. The third-order valence-corrected chi connectivity index (χ3v) is 29.0. The number of benzene rings is 8. The maximum Gasteiger partial charge on any atom is 0.367 e. The van der Waals surface area contributed by atoms with Crippen LogP contribution in [0.5, 0.6) is 0 Å². The highest BCUT2D eigenvalue weighted by molar-refractivity contribution is 8.13. The van der Waals surface area contributed by atoms with E-state index in [2.05, 4.69) is 71.5 Å². The Kier molecular flexibility index (Phi) is 21.4. The average Bonchev–Trinajstić information content (AvgIpc) is 1.44. The van der Waals surface area contributed by atoms with Crippen LogP contribution in [0, 0.1) is 50.7 Å². The Bertz CT molecular complexity index is 6040. The fourth-order valence-electron chi connectivity index (χ4n) is 19.8. The van der Waals surface area contributed by atoms with E-state index in [1.165, 1.54) is 69.1 Å². The topological polar surface area (TPSA) is 248 Å². The number of thioether (sulfide) groups is 2. The Morgan fingerprint density at radius 1 is 0.560 bits per heavy atom. The number of carbonyl (C=O) groups is 7. The largest absolute Gasteiger partial charge is 0.469 e. The van der Waals surface area contributed by atoms with E-state index in [0.717, 1.165) is 49.4 Å². The minimum atomic E-state index is -1.10. The maximum atomic E-state index is 13.3. The molecule has 604 valence electrons. The Labute approximate surface area is 683 Å². The molecule has 12 aromatic rings. The number of rotatable bonds is 33. The second kappa shape index (κ2) is 30.9. The van der Waals surface area contributed by atoms with Crippen LogP contribution in [0.2, 0.25) is 0 Å². The second-order valence-corrected chi connectivity index (χ2v) is 37.9. The van der Waals surface area contributed by atoms with Gasteiger partial charge in [0.2, 0.25) is 0 Å². The molecular weight excluding hydrogens is 1500 g/mol. The summed E-state index contributed by atoms with van der Waals surface area (Å²) < 4.78 is 35.8. The zero-order valence-corrected chi connectivity index (χ0v) is 70.3. The van der Waals surface area contributed by atoms with Crippen LogP contribution in [0.1, 0.15) is 203 Å². The predicted molar refractivity (Wildman–Crippen MR) is 458 cm³/mol. The van der Waals surface area contributed by atoms with E-state index < -0.39 is 57.1 Å². The first-order chi connectivity index (χ1) is 55.5. The van der Waals surface area contributed by atoms with Gasteiger partial charge in [-0.1, -0.05) is 106 Å². The summed E-state index contributed by atoms with van der Waals surface area (Å²) in [7, 11) is 1.28. The normalized spacial score (nSPS) is 18.1. The number of esters is 6. The van der Waals surface area contributed by atoms with Gasteiger partial charge in [-0.05, 0) is 313 Å². The first-order valence-electron chi connectivity index (χ1n) is 41.4. The Balaban J connectivity index is 0.000000157. The summed E-state index contributed by atoms with van der Waals surface area (Å²) in [5.41, 5.74) is 11.1. The third kappa shape index (κ3) is 13.5. The van der Waals surface area contributed by atoms with Crippen molar-refractivity contribution in [2.45, 2.75) is 183 Å². The molecule has 9 atom stereocenters. The number of methoxy groups -OCH3 is 1. The van der Waals surface area contributed by atoms with Crippen molar-refractivity contribution in [1.29, 1.82) is 5.26 Å². The first-order valence-corrected chi connectivity index (χ1v) is 43.5. The van der Waals surface area contributed by atoms with Gasteiger partial charge in [-0.3, -0.25) is 28.8 Å². The number of carbonyl (C=O) groups excluding carboxylic acids is 7. The fraction of sp³-hybridized carbons (Fsp3) is 0.464. The summed E-state index contributed by atoms with van der Waals surface area (Å²) in [5, 5.41) is 59.6. The van der Waals surface area contributed by atoms with Gasteiger partial charge in [-0.15, -0.1) is 11.8 Å². The Morgan fingerprint density at radius 3 is 1.72 bits per heavy atom. The molecule has 9 unspecified atom stereocenters. The van der Waals surface area contributed by atoms with Crippen molar-refractivity contribution in [3.05, 3.63) is 140 Å². The Morgan fingerprint density at radius 2 is 1.09 bits per heavy atom. The number of nitriles is 1. The summed E-state index contributed by atoms with van der Waals surface area (Å²) >= 11 is 2.26. The van der Waals surface area contributed by atoms with Crippen molar-refractivity contribution < 1.29 is 76.9 Å². The summed E-state index contributed by atoms with van der Waals surface area (Å²) in [6, 6.07) is 34.0. The van der Waals surface area contributed by atoms with E-state index in [-0.39, 0.29) is 92.7 Å². The monoisotopic (exact) mass is 1600 g/mol.